The first-order valence-corrected chi connectivity index (χ1v) is 8.70. The van der Waals surface area contributed by atoms with E-state index < -0.39 is 0 Å². The molecule has 1 aliphatic heterocycles. The van der Waals surface area contributed by atoms with Gasteiger partial charge in [0, 0.05) is 36.6 Å². The second-order valence-corrected chi connectivity index (χ2v) is 6.41. The predicted octanol–water partition coefficient (Wildman–Crippen LogP) is 2.62. The summed E-state index contributed by atoms with van der Waals surface area (Å²) < 4.78 is 5.36. The fraction of sp³-hybridized carbons (Fsp3) is 0.316. The molecule has 0 bridgehead atoms. The lowest BCUT2D eigenvalue weighted by Gasteiger charge is -2.30. The van der Waals surface area contributed by atoms with Crippen molar-refractivity contribution in [3.05, 3.63) is 60.4 Å². The Morgan fingerprint density at radius 3 is 3.00 bits per heavy atom. The normalized spacial score (nSPS) is 17.9. The van der Waals surface area contributed by atoms with Crippen molar-refractivity contribution in [2.45, 2.75) is 19.4 Å². The third-order valence-electron chi connectivity index (χ3n) is 4.54. The zero-order chi connectivity index (χ0) is 17.8. The summed E-state index contributed by atoms with van der Waals surface area (Å²) >= 11 is 0. The Balaban J connectivity index is 1.41. The van der Waals surface area contributed by atoms with Crippen LogP contribution in [0.25, 0.3) is 11.5 Å². The van der Waals surface area contributed by atoms with E-state index in [0.29, 0.717) is 36.1 Å². The number of carbonyl (C=O) groups excluding carboxylic acids is 1. The van der Waals surface area contributed by atoms with Crippen LogP contribution in [0.2, 0.25) is 0 Å². The minimum Gasteiger partial charge on any atom is -0.337 e. The van der Waals surface area contributed by atoms with Gasteiger partial charge in [0.1, 0.15) is 5.69 Å². The Labute approximate surface area is 151 Å². The maximum absolute atomic E-state index is 12.7. The number of carbonyl (C=O) groups is 1. The highest BCUT2D eigenvalue weighted by Gasteiger charge is 2.27. The Morgan fingerprint density at radius 1 is 1.23 bits per heavy atom. The zero-order valence-electron chi connectivity index (χ0n) is 14.3. The number of rotatable bonds is 5. The van der Waals surface area contributed by atoms with Gasteiger partial charge in [-0.25, -0.2) is 0 Å². The zero-order valence-corrected chi connectivity index (χ0v) is 14.3. The summed E-state index contributed by atoms with van der Waals surface area (Å²) in [6, 6.07) is 9.20. The summed E-state index contributed by atoms with van der Waals surface area (Å²) in [6.07, 6.45) is 6.88. The highest BCUT2D eigenvalue weighted by Crippen LogP contribution is 2.22. The summed E-state index contributed by atoms with van der Waals surface area (Å²) in [5, 5.41) is 4.00. The minimum absolute atomic E-state index is 0.0221. The van der Waals surface area contributed by atoms with E-state index in [1.54, 1.807) is 24.7 Å². The van der Waals surface area contributed by atoms with Crippen LogP contribution in [0.3, 0.4) is 0 Å². The Kier molecular flexibility index (Phi) is 4.79. The van der Waals surface area contributed by atoms with E-state index in [0.717, 1.165) is 19.4 Å². The van der Waals surface area contributed by atoms with Crippen molar-refractivity contribution in [3.8, 4) is 11.5 Å². The van der Waals surface area contributed by atoms with E-state index >= 15 is 0 Å². The van der Waals surface area contributed by atoms with Crippen molar-refractivity contribution < 1.29 is 9.32 Å². The predicted molar refractivity (Wildman–Crippen MR) is 94.1 cm³/mol. The smallest absolute Gasteiger partial charge is 0.241 e. The number of aromatic nitrogens is 4. The lowest BCUT2D eigenvalue weighted by atomic mass is 9.90. The van der Waals surface area contributed by atoms with Crippen molar-refractivity contribution >= 4 is 5.78 Å². The standard InChI is InChI=1S/C19H19N5O2/c25-18(14-5-3-8-20-11-14)15-6-4-10-24(12-15)13-17-22-19(23-26-17)16-7-1-2-9-21-16/h1-3,5,7-9,11,15H,4,6,10,12-13H2. The summed E-state index contributed by atoms with van der Waals surface area (Å²) in [4.78, 5) is 27.6. The molecule has 0 aromatic carbocycles. The molecule has 132 valence electrons. The molecule has 0 aliphatic carbocycles. The van der Waals surface area contributed by atoms with Crippen LogP contribution in [0.5, 0.6) is 0 Å². The van der Waals surface area contributed by atoms with Crippen LogP contribution in [0.4, 0.5) is 0 Å². The van der Waals surface area contributed by atoms with Gasteiger partial charge in [0.05, 0.1) is 6.54 Å². The average Bonchev–Trinajstić information content (AvgIpc) is 3.17. The average molecular weight is 349 g/mol. The van der Waals surface area contributed by atoms with Gasteiger partial charge in [-0.2, -0.15) is 4.98 Å². The molecule has 0 N–H and O–H groups in total. The first-order chi connectivity index (χ1) is 12.8. The second kappa shape index (κ2) is 7.53. The third-order valence-corrected chi connectivity index (χ3v) is 4.54. The fourth-order valence-corrected chi connectivity index (χ4v) is 3.27. The molecule has 0 saturated carbocycles. The highest BCUT2D eigenvalue weighted by atomic mass is 16.5. The van der Waals surface area contributed by atoms with E-state index in [-0.39, 0.29) is 11.7 Å². The molecule has 7 heteroatoms. The van der Waals surface area contributed by atoms with Crippen LogP contribution in [-0.2, 0) is 6.54 Å². The van der Waals surface area contributed by atoms with Gasteiger partial charge in [0.25, 0.3) is 0 Å². The molecule has 26 heavy (non-hydrogen) atoms. The number of ketones is 1. The first-order valence-electron chi connectivity index (χ1n) is 8.70. The van der Waals surface area contributed by atoms with E-state index in [2.05, 4.69) is 25.0 Å². The van der Waals surface area contributed by atoms with Crippen LogP contribution < -0.4 is 0 Å². The molecular weight excluding hydrogens is 330 g/mol. The molecule has 7 nitrogen and oxygen atoms in total. The van der Waals surface area contributed by atoms with E-state index in [1.165, 1.54) is 0 Å². The molecular formula is C19H19N5O2. The Morgan fingerprint density at radius 2 is 2.19 bits per heavy atom. The largest absolute Gasteiger partial charge is 0.337 e. The first kappa shape index (κ1) is 16.5. The fourth-order valence-electron chi connectivity index (χ4n) is 3.27. The van der Waals surface area contributed by atoms with Gasteiger partial charge in [-0.05, 0) is 43.7 Å². The van der Waals surface area contributed by atoms with Gasteiger partial charge >= 0.3 is 0 Å². The highest BCUT2D eigenvalue weighted by molar-refractivity contribution is 5.97. The van der Waals surface area contributed by atoms with Crippen LogP contribution in [0.1, 0.15) is 29.1 Å². The lowest BCUT2D eigenvalue weighted by Crippen LogP contribution is -2.38. The van der Waals surface area contributed by atoms with Gasteiger partial charge in [-0.3, -0.25) is 19.7 Å². The quantitative estimate of drug-likeness (QED) is 0.655. The van der Waals surface area contributed by atoms with Crippen LogP contribution in [0, 0.1) is 5.92 Å². The van der Waals surface area contributed by atoms with Crippen molar-refractivity contribution in [1.29, 1.82) is 0 Å². The molecule has 3 aromatic heterocycles. The number of likely N-dealkylation sites (tertiary alicyclic amines) is 1. The van der Waals surface area contributed by atoms with E-state index in [1.807, 2.05) is 24.3 Å². The van der Waals surface area contributed by atoms with Crippen molar-refractivity contribution in [3.63, 3.8) is 0 Å². The molecule has 1 unspecified atom stereocenters. The summed E-state index contributed by atoms with van der Waals surface area (Å²) in [5.41, 5.74) is 1.36. The maximum Gasteiger partial charge on any atom is 0.241 e. The number of pyridine rings is 2. The molecule has 0 spiro atoms. The van der Waals surface area contributed by atoms with Crippen LogP contribution in [0.15, 0.2) is 53.4 Å². The number of piperidine rings is 1. The van der Waals surface area contributed by atoms with Crippen molar-refractivity contribution in [1.82, 2.24) is 25.0 Å². The van der Waals surface area contributed by atoms with Crippen molar-refractivity contribution in [2.24, 2.45) is 5.92 Å². The molecule has 0 amide bonds. The molecule has 1 atom stereocenters. The van der Waals surface area contributed by atoms with Crippen LogP contribution >= 0.6 is 0 Å². The summed E-state index contributed by atoms with van der Waals surface area (Å²) in [5.74, 6) is 1.16. The Bertz CT molecular complexity index is 866. The summed E-state index contributed by atoms with van der Waals surface area (Å²) in [6.45, 7) is 2.14. The molecule has 1 aliphatic rings. The van der Waals surface area contributed by atoms with Gasteiger partial charge in [0.15, 0.2) is 5.78 Å². The van der Waals surface area contributed by atoms with Gasteiger partial charge < -0.3 is 4.52 Å². The number of hydrogen-bond acceptors (Lipinski definition) is 7. The van der Waals surface area contributed by atoms with Gasteiger partial charge in [0.2, 0.25) is 11.7 Å². The van der Waals surface area contributed by atoms with Crippen molar-refractivity contribution in [2.75, 3.05) is 13.1 Å². The van der Waals surface area contributed by atoms with E-state index in [9.17, 15) is 4.79 Å². The van der Waals surface area contributed by atoms with Gasteiger partial charge in [-0.1, -0.05) is 11.2 Å². The van der Waals surface area contributed by atoms with Gasteiger partial charge in [-0.15, -0.1) is 0 Å². The van der Waals surface area contributed by atoms with E-state index in [4.69, 9.17) is 4.52 Å². The molecule has 3 aromatic rings. The third kappa shape index (κ3) is 3.67. The number of nitrogens with zero attached hydrogens (tertiary/aromatic N) is 5. The molecule has 1 saturated heterocycles. The molecule has 4 rings (SSSR count). The Hall–Kier alpha value is -2.93. The number of hydrogen-bond donors (Lipinski definition) is 0. The lowest BCUT2D eigenvalue weighted by molar-refractivity contribution is 0.0796. The topological polar surface area (TPSA) is 85.0 Å². The summed E-state index contributed by atoms with van der Waals surface area (Å²) in [7, 11) is 0. The second-order valence-electron chi connectivity index (χ2n) is 6.41. The molecule has 1 fully saturated rings. The van der Waals surface area contributed by atoms with Crippen LogP contribution in [-0.4, -0.2) is 43.9 Å². The molecule has 0 radical (unpaired) electrons. The SMILES string of the molecule is O=C(c1cccnc1)C1CCCN(Cc2nc(-c3ccccn3)no2)C1. The maximum atomic E-state index is 12.7. The molecule has 4 heterocycles. The minimum atomic E-state index is -0.0221. The monoisotopic (exact) mass is 349 g/mol. The number of Topliss-reactive ketones (excluding diaryl/α,β-unsaturated/α-hetero) is 1.